The molecule has 0 unspecified atom stereocenters. The Labute approximate surface area is 76.8 Å². The number of carbonyl (C=O) groups is 1. The monoisotopic (exact) mass is 180 g/mol. The fourth-order valence-corrected chi connectivity index (χ4v) is 0.587. The maximum absolute atomic E-state index is 10.9. The van der Waals surface area contributed by atoms with Gasteiger partial charge < -0.3 is 5.32 Å². The van der Waals surface area contributed by atoms with Gasteiger partial charge in [-0.25, -0.2) is 0 Å². The van der Waals surface area contributed by atoms with Crippen LogP contribution in [-0.2, 0) is 4.79 Å². The molecule has 1 N–H and O–H groups in total. The van der Waals surface area contributed by atoms with E-state index in [0.29, 0.717) is 6.54 Å². The molecule has 0 aliphatic heterocycles. The second kappa shape index (κ2) is 8.36. The fraction of sp³-hybridized carbons (Fsp3) is 0.375. The quantitative estimate of drug-likeness (QED) is 0.171. The molecule has 0 atom stereocenters. The maximum atomic E-state index is 10.9. The molecule has 0 radical (unpaired) electrons. The topological polar surface area (TPSA) is 77.9 Å². The third-order valence-electron chi connectivity index (χ3n) is 1.13. The highest BCUT2D eigenvalue weighted by Gasteiger charge is 1.90. The predicted molar refractivity (Wildman–Crippen MR) is 51.0 cm³/mol. The molecule has 0 bridgehead atoms. The van der Waals surface area contributed by atoms with E-state index in [-0.39, 0.29) is 12.5 Å². The number of nitrogens with one attached hydrogen (secondary N) is 1. The number of rotatable bonds is 5. The number of carbonyl (C=O) groups excluding carboxylic acids is 1. The van der Waals surface area contributed by atoms with E-state index in [9.17, 15) is 4.79 Å². The summed E-state index contributed by atoms with van der Waals surface area (Å²) >= 11 is 0. The van der Waals surface area contributed by atoms with Gasteiger partial charge in [-0.3, -0.25) is 4.79 Å². The summed E-state index contributed by atoms with van der Waals surface area (Å²) in [6.07, 6.45) is 6.63. The number of azide groups is 1. The van der Waals surface area contributed by atoms with Gasteiger partial charge in [-0.2, -0.15) is 0 Å². The molecule has 5 nitrogen and oxygen atoms in total. The number of nitrogens with zero attached hydrogens (tertiary/aromatic N) is 3. The van der Waals surface area contributed by atoms with E-state index in [2.05, 4.69) is 15.3 Å². The molecule has 13 heavy (non-hydrogen) atoms. The van der Waals surface area contributed by atoms with Crippen LogP contribution in [0.1, 0.15) is 6.92 Å². The van der Waals surface area contributed by atoms with Crippen LogP contribution in [0.4, 0.5) is 0 Å². The molecule has 0 aliphatic rings. The SMILES string of the molecule is CC=CC=CC(=O)NCCN=[N+]=[N-]. The molecule has 0 aromatic heterocycles. The Morgan fingerprint density at radius 2 is 2.38 bits per heavy atom. The van der Waals surface area contributed by atoms with Gasteiger partial charge in [0.2, 0.25) is 5.91 Å². The van der Waals surface area contributed by atoms with Crippen molar-refractivity contribution < 1.29 is 4.79 Å². The molecule has 0 saturated heterocycles. The van der Waals surface area contributed by atoms with Crippen LogP contribution in [-0.4, -0.2) is 19.0 Å². The zero-order valence-electron chi connectivity index (χ0n) is 7.47. The van der Waals surface area contributed by atoms with E-state index in [1.165, 1.54) is 6.08 Å². The van der Waals surface area contributed by atoms with E-state index in [4.69, 9.17) is 5.53 Å². The van der Waals surface area contributed by atoms with Crippen LogP contribution in [0.5, 0.6) is 0 Å². The third-order valence-corrected chi connectivity index (χ3v) is 1.13. The Morgan fingerprint density at radius 1 is 1.62 bits per heavy atom. The second-order valence-corrected chi connectivity index (χ2v) is 2.13. The third kappa shape index (κ3) is 8.16. The van der Waals surface area contributed by atoms with Crippen LogP contribution in [0, 0.1) is 0 Å². The number of hydrogen-bond acceptors (Lipinski definition) is 2. The molecule has 0 rings (SSSR count). The van der Waals surface area contributed by atoms with Gasteiger partial charge in [-0.05, 0) is 12.5 Å². The zero-order valence-corrected chi connectivity index (χ0v) is 7.47. The standard InChI is InChI=1S/C8H12N4O/c1-2-3-4-5-8(13)10-6-7-11-12-9/h2-5H,6-7H2,1H3,(H,10,13). The molecule has 1 amide bonds. The van der Waals surface area contributed by atoms with E-state index in [1.807, 2.05) is 13.0 Å². The van der Waals surface area contributed by atoms with Crippen molar-refractivity contribution in [1.82, 2.24) is 5.32 Å². The Morgan fingerprint density at radius 3 is 3.00 bits per heavy atom. The zero-order chi connectivity index (χ0) is 9.94. The summed E-state index contributed by atoms with van der Waals surface area (Å²) in [5.74, 6) is -0.189. The van der Waals surface area contributed by atoms with Crippen molar-refractivity contribution in [1.29, 1.82) is 0 Å². The number of hydrogen-bond donors (Lipinski definition) is 1. The summed E-state index contributed by atoms with van der Waals surface area (Å²) in [4.78, 5) is 13.5. The molecule has 0 fully saturated rings. The van der Waals surface area contributed by atoms with E-state index >= 15 is 0 Å². The lowest BCUT2D eigenvalue weighted by Gasteiger charge is -1.95. The minimum Gasteiger partial charge on any atom is -0.352 e. The van der Waals surface area contributed by atoms with Crippen molar-refractivity contribution >= 4 is 5.91 Å². The van der Waals surface area contributed by atoms with Gasteiger partial charge in [0.25, 0.3) is 0 Å². The van der Waals surface area contributed by atoms with Crippen LogP contribution in [0.15, 0.2) is 29.4 Å². The van der Waals surface area contributed by atoms with Gasteiger partial charge in [-0.1, -0.05) is 23.3 Å². The lowest BCUT2D eigenvalue weighted by molar-refractivity contribution is -0.116. The average molecular weight is 180 g/mol. The Balaban J connectivity index is 3.57. The molecule has 0 aromatic rings. The van der Waals surface area contributed by atoms with Gasteiger partial charge in [-0.15, -0.1) is 0 Å². The number of allylic oxidation sites excluding steroid dienone is 3. The molecule has 0 saturated carbocycles. The summed E-state index contributed by atoms with van der Waals surface area (Å²) < 4.78 is 0. The van der Waals surface area contributed by atoms with Gasteiger partial charge >= 0.3 is 0 Å². The minimum atomic E-state index is -0.189. The minimum absolute atomic E-state index is 0.189. The van der Waals surface area contributed by atoms with E-state index < -0.39 is 0 Å². The largest absolute Gasteiger partial charge is 0.352 e. The highest BCUT2D eigenvalue weighted by Crippen LogP contribution is 1.77. The predicted octanol–water partition coefficient (Wildman–Crippen LogP) is 1.55. The summed E-state index contributed by atoms with van der Waals surface area (Å²) in [5, 5.41) is 5.82. The summed E-state index contributed by atoms with van der Waals surface area (Å²) in [5.41, 5.74) is 7.93. The molecule has 0 aliphatic carbocycles. The molecule has 0 aromatic carbocycles. The average Bonchev–Trinajstić information content (AvgIpc) is 2.13. The summed E-state index contributed by atoms with van der Waals surface area (Å²) in [6.45, 7) is 2.51. The van der Waals surface area contributed by atoms with Crippen molar-refractivity contribution in [3.05, 3.63) is 34.7 Å². The lowest BCUT2D eigenvalue weighted by atomic mass is 10.4. The molecular weight excluding hydrogens is 168 g/mol. The summed E-state index contributed by atoms with van der Waals surface area (Å²) in [6, 6.07) is 0. The molecule has 0 spiro atoms. The smallest absolute Gasteiger partial charge is 0.243 e. The first-order valence-corrected chi connectivity index (χ1v) is 3.89. The van der Waals surface area contributed by atoms with Gasteiger partial charge in [0, 0.05) is 24.1 Å². The van der Waals surface area contributed by atoms with Crippen LogP contribution in [0.3, 0.4) is 0 Å². The molecular formula is C8H12N4O. The van der Waals surface area contributed by atoms with Crippen LogP contribution < -0.4 is 5.32 Å². The highest BCUT2D eigenvalue weighted by molar-refractivity contribution is 5.87. The van der Waals surface area contributed by atoms with E-state index in [1.54, 1.807) is 12.2 Å². The van der Waals surface area contributed by atoms with Crippen molar-refractivity contribution in [2.75, 3.05) is 13.1 Å². The Hall–Kier alpha value is -1.74. The van der Waals surface area contributed by atoms with Crippen LogP contribution in [0.2, 0.25) is 0 Å². The van der Waals surface area contributed by atoms with Crippen molar-refractivity contribution in [2.45, 2.75) is 6.92 Å². The normalized spacial score (nSPS) is 10.2. The lowest BCUT2D eigenvalue weighted by Crippen LogP contribution is -2.23. The maximum Gasteiger partial charge on any atom is 0.243 e. The van der Waals surface area contributed by atoms with Crippen molar-refractivity contribution in [2.24, 2.45) is 5.11 Å². The summed E-state index contributed by atoms with van der Waals surface area (Å²) in [7, 11) is 0. The first-order chi connectivity index (χ1) is 6.31. The molecule has 70 valence electrons. The highest BCUT2D eigenvalue weighted by atomic mass is 16.1. The van der Waals surface area contributed by atoms with Crippen LogP contribution >= 0.6 is 0 Å². The second-order valence-electron chi connectivity index (χ2n) is 2.13. The van der Waals surface area contributed by atoms with Crippen LogP contribution in [0.25, 0.3) is 10.4 Å². The number of amides is 1. The van der Waals surface area contributed by atoms with Gasteiger partial charge in [0.15, 0.2) is 0 Å². The van der Waals surface area contributed by atoms with Gasteiger partial charge in [0.05, 0.1) is 0 Å². The van der Waals surface area contributed by atoms with E-state index in [0.717, 1.165) is 0 Å². The van der Waals surface area contributed by atoms with Crippen molar-refractivity contribution in [3.8, 4) is 0 Å². The van der Waals surface area contributed by atoms with Gasteiger partial charge in [0.1, 0.15) is 0 Å². The molecule has 5 heteroatoms. The Kier molecular flexibility index (Phi) is 7.24. The first kappa shape index (κ1) is 11.3. The molecule has 0 heterocycles. The first-order valence-electron chi connectivity index (χ1n) is 3.89. The fourth-order valence-electron chi connectivity index (χ4n) is 0.587. The Bertz CT molecular complexity index is 251. The van der Waals surface area contributed by atoms with Crippen molar-refractivity contribution in [3.63, 3.8) is 0 Å².